The lowest BCUT2D eigenvalue weighted by Crippen LogP contribution is -2.15. The van der Waals surface area contributed by atoms with Gasteiger partial charge in [0.15, 0.2) is 0 Å². The van der Waals surface area contributed by atoms with E-state index in [1.807, 2.05) is 54.9 Å². The second-order valence-corrected chi connectivity index (χ2v) is 6.59. The Kier molecular flexibility index (Phi) is 5.11. The van der Waals surface area contributed by atoms with E-state index in [0.717, 1.165) is 22.6 Å². The molecule has 0 unspecified atom stereocenters. The van der Waals surface area contributed by atoms with Crippen LogP contribution in [-0.2, 0) is 11.2 Å². The number of para-hydroxylation sites is 1. The van der Waals surface area contributed by atoms with Crippen LogP contribution >= 0.6 is 23.2 Å². The molecule has 0 saturated heterocycles. The van der Waals surface area contributed by atoms with Crippen molar-refractivity contribution in [2.75, 3.05) is 5.32 Å². The molecule has 0 radical (unpaired) electrons. The number of rotatable bonds is 4. The number of amides is 1. The summed E-state index contributed by atoms with van der Waals surface area (Å²) in [6.45, 7) is 3.85. The Morgan fingerprint density at radius 3 is 2.44 bits per heavy atom. The average Bonchev–Trinajstić information content (AvgIpc) is 2.86. The van der Waals surface area contributed by atoms with Crippen LogP contribution in [0.3, 0.4) is 0 Å². The number of hydrogen-bond acceptors (Lipinski definition) is 2. The Labute approximate surface area is 156 Å². The van der Waals surface area contributed by atoms with Crippen molar-refractivity contribution < 1.29 is 4.79 Å². The highest BCUT2D eigenvalue weighted by atomic mass is 35.5. The molecule has 1 amide bonds. The van der Waals surface area contributed by atoms with Gasteiger partial charge in [0.1, 0.15) is 0 Å². The van der Waals surface area contributed by atoms with Crippen molar-refractivity contribution in [3.05, 3.63) is 75.5 Å². The fourth-order valence-electron chi connectivity index (χ4n) is 2.68. The summed E-state index contributed by atoms with van der Waals surface area (Å²) in [6.07, 6.45) is 0.233. The highest BCUT2D eigenvalue weighted by Crippen LogP contribution is 2.23. The van der Waals surface area contributed by atoms with Gasteiger partial charge < -0.3 is 5.32 Å². The molecule has 128 valence electrons. The summed E-state index contributed by atoms with van der Waals surface area (Å²) in [6, 6.07) is 14.6. The molecule has 0 fully saturated rings. The number of anilines is 1. The van der Waals surface area contributed by atoms with Crippen LogP contribution in [0, 0.1) is 13.8 Å². The summed E-state index contributed by atoms with van der Waals surface area (Å²) >= 11 is 12.0. The van der Waals surface area contributed by atoms with Crippen molar-refractivity contribution in [3.8, 4) is 5.69 Å². The van der Waals surface area contributed by atoms with Crippen molar-refractivity contribution in [2.24, 2.45) is 0 Å². The third-order valence-corrected chi connectivity index (χ3v) is 4.58. The molecule has 25 heavy (non-hydrogen) atoms. The lowest BCUT2D eigenvalue weighted by molar-refractivity contribution is -0.115. The fraction of sp³-hybridized carbons (Fsp3) is 0.158. The van der Waals surface area contributed by atoms with E-state index >= 15 is 0 Å². The minimum atomic E-state index is -0.130. The molecular formula is C19H17Cl2N3O. The van der Waals surface area contributed by atoms with Crippen molar-refractivity contribution in [1.82, 2.24) is 9.78 Å². The number of carbonyl (C=O) groups excluding carboxylic acids is 1. The predicted octanol–water partition coefficient (Wildman–Crippen LogP) is 4.98. The van der Waals surface area contributed by atoms with E-state index in [9.17, 15) is 4.79 Å². The normalized spacial score (nSPS) is 10.7. The number of nitrogens with one attached hydrogen (secondary N) is 1. The van der Waals surface area contributed by atoms with Gasteiger partial charge in [0, 0.05) is 16.3 Å². The minimum absolute atomic E-state index is 0.130. The molecule has 4 nitrogen and oxygen atoms in total. The van der Waals surface area contributed by atoms with Gasteiger partial charge in [-0.2, -0.15) is 5.10 Å². The molecule has 0 spiro atoms. The van der Waals surface area contributed by atoms with Crippen molar-refractivity contribution in [2.45, 2.75) is 20.3 Å². The van der Waals surface area contributed by atoms with Crippen LogP contribution in [0.5, 0.6) is 0 Å². The van der Waals surface area contributed by atoms with Gasteiger partial charge in [-0.25, -0.2) is 4.68 Å². The first kappa shape index (κ1) is 17.5. The first-order valence-electron chi connectivity index (χ1n) is 7.81. The second kappa shape index (κ2) is 7.30. The standard InChI is InChI=1S/C19H17Cl2N3O/c1-12-16(11-19(25)22-18-6-4-3-5-17(18)21)13(2)24(23-12)15-9-7-14(20)8-10-15/h3-10H,11H2,1-2H3,(H,22,25). The maximum absolute atomic E-state index is 12.4. The third kappa shape index (κ3) is 3.86. The number of benzene rings is 2. The number of halogens is 2. The van der Waals surface area contributed by atoms with Crippen LogP contribution < -0.4 is 5.32 Å². The van der Waals surface area contributed by atoms with Gasteiger partial charge in [0.2, 0.25) is 5.91 Å². The second-order valence-electron chi connectivity index (χ2n) is 5.74. The van der Waals surface area contributed by atoms with E-state index in [1.165, 1.54) is 0 Å². The van der Waals surface area contributed by atoms with Gasteiger partial charge in [0.05, 0.1) is 28.5 Å². The maximum atomic E-state index is 12.4. The van der Waals surface area contributed by atoms with Crippen LogP contribution in [0.15, 0.2) is 48.5 Å². The predicted molar refractivity (Wildman–Crippen MR) is 102 cm³/mol. The summed E-state index contributed by atoms with van der Waals surface area (Å²) in [5, 5.41) is 8.59. The molecule has 3 aromatic rings. The first-order chi connectivity index (χ1) is 12.0. The van der Waals surface area contributed by atoms with Crippen LogP contribution in [0.25, 0.3) is 5.69 Å². The Morgan fingerprint density at radius 2 is 1.76 bits per heavy atom. The minimum Gasteiger partial charge on any atom is -0.324 e. The number of hydrogen-bond donors (Lipinski definition) is 1. The lowest BCUT2D eigenvalue weighted by atomic mass is 10.1. The SMILES string of the molecule is Cc1nn(-c2ccc(Cl)cc2)c(C)c1CC(=O)Nc1ccccc1Cl. The number of aromatic nitrogens is 2. The summed E-state index contributed by atoms with van der Waals surface area (Å²) in [5.41, 5.74) is 4.16. The van der Waals surface area contributed by atoms with Gasteiger partial charge in [0.25, 0.3) is 0 Å². The first-order valence-corrected chi connectivity index (χ1v) is 8.56. The molecule has 0 aliphatic rings. The molecule has 6 heteroatoms. The largest absolute Gasteiger partial charge is 0.324 e. The zero-order valence-electron chi connectivity index (χ0n) is 13.9. The molecule has 0 saturated carbocycles. The molecule has 0 aliphatic carbocycles. The topological polar surface area (TPSA) is 46.9 Å². The fourth-order valence-corrected chi connectivity index (χ4v) is 2.99. The summed E-state index contributed by atoms with van der Waals surface area (Å²) in [4.78, 5) is 12.4. The summed E-state index contributed by atoms with van der Waals surface area (Å²) < 4.78 is 1.82. The number of aryl methyl sites for hydroxylation is 1. The van der Waals surface area contributed by atoms with Crippen molar-refractivity contribution in [3.63, 3.8) is 0 Å². The van der Waals surface area contributed by atoms with Gasteiger partial charge in [-0.05, 0) is 50.2 Å². The smallest absolute Gasteiger partial charge is 0.228 e. The molecule has 1 heterocycles. The zero-order valence-corrected chi connectivity index (χ0v) is 15.4. The molecule has 0 aliphatic heterocycles. The third-order valence-electron chi connectivity index (χ3n) is 4.00. The molecule has 1 aromatic heterocycles. The van der Waals surface area contributed by atoms with E-state index in [1.54, 1.807) is 12.1 Å². The van der Waals surface area contributed by atoms with Crippen LogP contribution in [0.4, 0.5) is 5.69 Å². The van der Waals surface area contributed by atoms with E-state index in [4.69, 9.17) is 23.2 Å². The van der Waals surface area contributed by atoms with Gasteiger partial charge in [-0.3, -0.25) is 4.79 Å². The van der Waals surface area contributed by atoms with Crippen molar-refractivity contribution in [1.29, 1.82) is 0 Å². The average molecular weight is 374 g/mol. The summed E-state index contributed by atoms with van der Waals surface area (Å²) in [7, 11) is 0. The van der Waals surface area contributed by atoms with E-state index < -0.39 is 0 Å². The molecular weight excluding hydrogens is 357 g/mol. The highest BCUT2D eigenvalue weighted by molar-refractivity contribution is 6.33. The van der Waals surface area contributed by atoms with Gasteiger partial charge >= 0.3 is 0 Å². The van der Waals surface area contributed by atoms with E-state index in [2.05, 4.69) is 10.4 Å². The quantitative estimate of drug-likeness (QED) is 0.700. The molecule has 0 bridgehead atoms. The molecule has 3 rings (SSSR count). The Bertz CT molecular complexity index is 917. The Hall–Kier alpha value is -2.30. The van der Waals surface area contributed by atoms with Gasteiger partial charge in [-0.1, -0.05) is 35.3 Å². The monoisotopic (exact) mass is 373 g/mol. The van der Waals surface area contributed by atoms with E-state index in [-0.39, 0.29) is 12.3 Å². The molecule has 0 atom stereocenters. The molecule has 2 aromatic carbocycles. The maximum Gasteiger partial charge on any atom is 0.228 e. The highest BCUT2D eigenvalue weighted by Gasteiger charge is 2.16. The Balaban J connectivity index is 1.82. The summed E-state index contributed by atoms with van der Waals surface area (Å²) in [5.74, 6) is -0.130. The number of carbonyl (C=O) groups is 1. The Morgan fingerprint density at radius 1 is 1.08 bits per heavy atom. The molecule has 1 N–H and O–H groups in total. The van der Waals surface area contributed by atoms with Crippen molar-refractivity contribution >= 4 is 34.8 Å². The number of nitrogens with zero attached hydrogens (tertiary/aromatic N) is 2. The van der Waals surface area contributed by atoms with Crippen LogP contribution in [0.1, 0.15) is 17.0 Å². The zero-order chi connectivity index (χ0) is 18.0. The van der Waals surface area contributed by atoms with Crippen LogP contribution in [-0.4, -0.2) is 15.7 Å². The van der Waals surface area contributed by atoms with Crippen LogP contribution in [0.2, 0.25) is 10.0 Å². The van der Waals surface area contributed by atoms with Gasteiger partial charge in [-0.15, -0.1) is 0 Å². The lowest BCUT2D eigenvalue weighted by Gasteiger charge is -2.08. The van der Waals surface area contributed by atoms with E-state index in [0.29, 0.717) is 15.7 Å².